The van der Waals surface area contributed by atoms with Gasteiger partial charge in [-0.05, 0) is 59.0 Å². The summed E-state index contributed by atoms with van der Waals surface area (Å²) in [5.74, 6) is 0. The van der Waals surface area contributed by atoms with Crippen molar-refractivity contribution >= 4 is 29.0 Å². The van der Waals surface area contributed by atoms with Crippen molar-refractivity contribution in [3.05, 3.63) is 59.9 Å². The first kappa shape index (κ1) is 17.3. The number of piperazine rings is 1. The molecule has 0 radical (unpaired) electrons. The number of rotatable bonds is 3. The number of carbonyl (C=O) groups excluding carboxylic acids is 1. The molecule has 0 unspecified atom stereocenters. The molecule has 0 bridgehead atoms. The molecule has 2 heterocycles. The Morgan fingerprint density at radius 3 is 2.22 bits per heavy atom. The van der Waals surface area contributed by atoms with E-state index in [2.05, 4.69) is 25.7 Å². The van der Waals surface area contributed by atoms with Crippen molar-refractivity contribution in [1.82, 2.24) is 25.1 Å². The van der Waals surface area contributed by atoms with E-state index >= 15 is 0 Å². The van der Waals surface area contributed by atoms with Crippen LogP contribution in [0, 0.1) is 0 Å². The maximum atomic E-state index is 12.5. The summed E-state index contributed by atoms with van der Waals surface area (Å²) in [6.07, 6.45) is 1.52. The molecule has 0 spiro atoms. The predicted molar refractivity (Wildman–Crippen MR) is 103 cm³/mol. The fourth-order valence-electron chi connectivity index (χ4n) is 3.00. The molecule has 4 rings (SSSR count). The van der Waals surface area contributed by atoms with E-state index in [1.54, 1.807) is 4.68 Å². The van der Waals surface area contributed by atoms with Crippen LogP contribution in [0.5, 0.6) is 0 Å². The summed E-state index contributed by atoms with van der Waals surface area (Å²) in [6.45, 7) is 2.90. The second-order valence-electron chi connectivity index (χ2n) is 6.18. The molecular weight excluding hydrogens is 366 g/mol. The highest BCUT2D eigenvalue weighted by Gasteiger charge is 2.21. The first-order valence-electron chi connectivity index (χ1n) is 8.59. The number of aromatic nitrogens is 4. The van der Waals surface area contributed by atoms with Gasteiger partial charge in [0.25, 0.3) is 0 Å². The zero-order chi connectivity index (χ0) is 18.6. The summed E-state index contributed by atoms with van der Waals surface area (Å²) in [4.78, 5) is 16.6. The van der Waals surface area contributed by atoms with E-state index in [0.29, 0.717) is 13.1 Å². The maximum Gasteiger partial charge on any atom is 0.321 e. The van der Waals surface area contributed by atoms with Gasteiger partial charge >= 0.3 is 6.03 Å². The Morgan fingerprint density at radius 2 is 1.59 bits per heavy atom. The third-order valence-electron chi connectivity index (χ3n) is 4.49. The molecule has 1 saturated heterocycles. The molecule has 0 atom stereocenters. The zero-order valence-corrected chi connectivity index (χ0v) is 15.3. The molecule has 2 amide bonds. The van der Waals surface area contributed by atoms with E-state index in [-0.39, 0.29) is 6.03 Å². The van der Waals surface area contributed by atoms with Gasteiger partial charge in [0.15, 0.2) is 0 Å². The number of nitrogens with one attached hydrogen (secondary N) is 1. The number of carbonyl (C=O) groups is 1. The van der Waals surface area contributed by atoms with Crippen LogP contribution in [0.2, 0.25) is 5.02 Å². The van der Waals surface area contributed by atoms with Crippen LogP contribution in [0.1, 0.15) is 0 Å². The molecule has 138 valence electrons. The molecule has 8 nitrogen and oxygen atoms in total. The molecule has 9 heteroatoms. The lowest BCUT2D eigenvalue weighted by Gasteiger charge is -2.36. The standard InChI is InChI=1S/C18H18ClN7O/c19-14-1-5-16(6-2-14)24-9-11-25(12-10-24)18(27)21-15-3-7-17(8-4-15)26-13-20-22-23-26/h1-8,13H,9-12H2,(H,21,27). The number of benzene rings is 2. The Morgan fingerprint density at radius 1 is 0.926 bits per heavy atom. The minimum Gasteiger partial charge on any atom is -0.368 e. The third-order valence-corrected chi connectivity index (χ3v) is 4.74. The third kappa shape index (κ3) is 4.01. The monoisotopic (exact) mass is 383 g/mol. The van der Waals surface area contributed by atoms with E-state index in [1.807, 2.05) is 53.4 Å². The average Bonchev–Trinajstić information content (AvgIpc) is 3.24. The highest BCUT2D eigenvalue weighted by molar-refractivity contribution is 6.30. The van der Waals surface area contributed by atoms with Gasteiger partial charge < -0.3 is 15.1 Å². The van der Waals surface area contributed by atoms with Crippen LogP contribution in [0.25, 0.3) is 5.69 Å². The number of anilines is 2. The lowest BCUT2D eigenvalue weighted by atomic mass is 10.2. The van der Waals surface area contributed by atoms with Crippen molar-refractivity contribution in [1.29, 1.82) is 0 Å². The van der Waals surface area contributed by atoms with Gasteiger partial charge in [0, 0.05) is 42.6 Å². The lowest BCUT2D eigenvalue weighted by Crippen LogP contribution is -2.50. The zero-order valence-electron chi connectivity index (χ0n) is 14.5. The Labute approximate surface area is 161 Å². The quantitative estimate of drug-likeness (QED) is 0.752. The van der Waals surface area contributed by atoms with Gasteiger partial charge in [0.1, 0.15) is 6.33 Å². The van der Waals surface area contributed by atoms with Crippen LogP contribution < -0.4 is 10.2 Å². The van der Waals surface area contributed by atoms with Crippen molar-refractivity contribution in [2.75, 3.05) is 36.4 Å². The van der Waals surface area contributed by atoms with E-state index < -0.39 is 0 Å². The number of urea groups is 1. The lowest BCUT2D eigenvalue weighted by molar-refractivity contribution is 0.208. The van der Waals surface area contributed by atoms with E-state index in [9.17, 15) is 4.79 Å². The summed E-state index contributed by atoms with van der Waals surface area (Å²) < 4.78 is 1.56. The largest absolute Gasteiger partial charge is 0.368 e. The van der Waals surface area contributed by atoms with E-state index in [1.165, 1.54) is 6.33 Å². The smallest absolute Gasteiger partial charge is 0.321 e. The van der Waals surface area contributed by atoms with Crippen LogP contribution in [0.4, 0.5) is 16.2 Å². The van der Waals surface area contributed by atoms with Crippen molar-refractivity contribution in [3.63, 3.8) is 0 Å². The average molecular weight is 384 g/mol. The van der Waals surface area contributed by atoms with E-state index in [4.69, 9.17) is 11.6 Å². The summed E-state index contributed by atoms with van der Waals surface area (Å²) in [5.41, 5.74) is 2.68. The molecular formula is C18H18ClN7O. The molecule has 1 aromatic heterocycles. The number of tetrazole rings is 1. The van der Waals surface area contributed by atoms with Crippen molar-refractivity contribution in [2.24, 2.45) is 0 Å². The van der Waals surface area contributed by atoms with Gasteiger partial charge in [-0.25, -0.2) is 9.48 Å². The summed E-state index contributed by atoms with van der Waals surface area (Å²) >= 11 is 5.94. The van der Waals surface area contributed by atoms with Crippen LogP contribution >= 0.6 is 11.6 Å². The molecule has 1 fully saturated rings. The fourth-order valence-corrected chi connectivity index (χ4v) is 3.13. The molecule has 0 aliphatic carbocycles. The van der Waals surface area contributed by atoms with Crippen molar-refractivity contribution in [2.45, 2.75) is 0 Å². The van der Waals surface area contributed by atoms with Gasteiger partial charge in [0.05, 0.1) is 5.69 Å². The number of hydrogen-bond donors (Lipinski definition) is 1. The van der Waals surface area contributed by atoms with Crippen LogP contribution in [0.15, 0.2) is 54.9 Å². The van der Waals surface area contributed by atoms with Crippen LogP contribution in [-0.4, -0.2) is 57.3 Å². The first-order chi connectivity index (χ1) is 13.2. The molecule has 27 heavy (non-hydrogen) atoms. The molecule has 1 aliphatic rings. The van der Waals surface area contributed by atoms with E-state index in [0.717, 1.165) is 35.2 Å². The van der Waals surface area contributed by atoms with Gasteiger partial charge in [-0.15, -0.1) is 5.10 Å². The Kier molecular flexibility index (Phi) is 4.88. The molecule has 3 aromatic rings. The number of halogens is 1. The SMILES string of the molecule is O=C(Nc1ccc(-n2cnnn2)cc1)N1CCN(c2ccc(Cl)cc2)CC1. The van der Waals surface area contributed by atoms with Gasteiger partial charge in [-0.2, -0.15) is 0 Å². The van der Waals surface area contributed by atoms with Crippen LogP contribution in [-0.2, 0) is 0 Å². The normalized spacial score (nSPS) is 14.3. The molecule has 0 saturated carbocycles. The van der Waals surface area contributed by atoms with Gasteiger partial charge in [0.2, 0.25) is 0 Å². The predicted octanol–water partition coefficient (Wildman–Crippen LogP) is 2.67. The molecule has 1 N–H and O–H groups in total. The minimum atomic E-state index is -0.0964. The molecule has 2 aromatic carbocycles. The second kappa shape index (κ2) is 7.63. The summed E-state index contributed by atoms with van der Waals surface area (Å²) in [6, 6.07) is 15.0. The number of amides is 2. The maximum absolute atomic E-state index is 12.5. The summed E-state index contributed by atoms with van der Waals surface area (Å²) in [5, 5.41) is 14.7. The van der Waals surface area contributed by atoms with Gasteiger partial charge in [-0.1, -0.05) is 11.6 Å². The fraction of sp³-hybridized carbons (Fsp3) is 0.222. The van der Waals surface area contributed by atoms with Gasteiger partial charge in [-0.3, -0.25) is 0 Å². The number of nitrogens with zero attached hydrogens (tertiary/aromatic N) is 6. The summed E-state index contributed by atoms with van der Waals surface area (Å²) in [7, 11) is 0. The first-order valence-corrected chi connectivity index (χ1v) is 8.97. The topological polar surface area (TPSA) is 79.2 Å². The van der Waals surface area contributed by atoms with Crippen molar-refractivity contribution < 1.29 is 4.79 Å². The Balaban J connectivity index is 1.32. The highest BCUT2D eigenvalue weighted by Crippen LogP contribution is 2.20. The Hall–Kier alpha value is -3.13. The number of hydrogen-bond acceptors (Lipinski definition) is 5. The van der Waals surface area contributed by atoms with Crippen molar-refractivity contribution in [3.8, 4) is 5.69 Å². The Bertz CT molecular complexity index is 888. The highest BCUT2D eigenvalue weighted by atomic mass is 35.5. The minimum absolute atomic E-state index is 0.0964. The molecule has 1 aliphatic heterocycles. The second-order valence-corrected chi connectivity index (χ2v) is 6.62. The van der Waals surface area contributed by atoms with Crippen LogP contribution in [0.3, 0.4) is 0 Å².